The Morgan fingerprint density at radius 2 is 1.64 bits per heavy atom. The van der Waals surface area contributed by atoms with Crippen molar-refractivity contribution in [3.05, 3.63) is 82.6 Å². The average molecular weight is 390 g/mol. The molecule has 0 amide bonds. The van der Waals surface area contributed by atoms with Gasteiger partial charge in [0.2, 0.25) is 17.6 Å². The molecule has 28 heavy (non-hydrogen) atoms. The van der Waals surface area contributed by atoms with Gasteiger partial charge in [0.05, 0.1) is 10.4 Å². The molecule has 0 radical (unpaired) electrons. The van der Waals surface area contributed by atoms with Gasteiger partial charge >= 0.3 is 5.97 Å². The highest BCUT2D eigenvalue weighted by Gasteiger charge is 2.15. The van der Waals surface area contributed by atoms with Crippen LogP contribution in [-0.2, 0) is 4.74 Å². The Labute approximate surface area is 164 Å². The molecule has 2 heterocycles. The van der Waals surface area contributed by atoms with Gasteiger partial charge < -0.3 is 9.15 Å². The van der Waals surface area contributed by atoms with Crippen molar-refractivity contribution in [1.82, 2.24) is 10.2 Å². The number of Topliss-reactive ketones (excluding diaryl/α,β-unsaturated/α-hetero) is 1. The van der Waals surface area contributed by atoms with Crippen LogP contribution in [0.25, 0.3) is 22.9 Å². The highest BCUT2D eigenvalue weighted by Crippen LogP contribution is 2.24. The lowest BCUT2D eigenvalue weighted by molar-refractivity contribution is 0.0476. The average Bonchev–Trinajstić information content (AvgIpc) is 3.45. The van der Waals surface area contributed by atoms with Gasteiger partial charge in [-0.15, -0.1) is 21.5 Å². The number of esters is 1. The third-order valence-corrected chi connectivity index (χ3v) is 4.83. The number of hydrogen-bond acceptors (Lipinski definition) is 7. The van der Waals surface area contributed by atoms with Crippen molar-refractivity contribution in [3.8, 4) is 22.9 Å². The summed E-state index contributed by atoms with van der Waals surface area (Å²) < 4.78 is 10.8. The van der Waals surface area contributed by atoms with Gasteiger partial charge in [0.25, 0.3) is 0 Å². The Morgan fingerprint density at radius 3 is 2.39 bits per heavy atom. The van der Waals surface area contributed by atoms with E-state index in [9.17, 15) is 9.59 Å². The Kier molecular flexibility index (Phi) is 5.07. The van der Waals surface area contributed by atoms with Gasteiger partial charge in [-0.25, -0.2) is 4.79 Å². The Morgan fingerprint density at radius 1 is 0.893 bits per heavy atom. The predicted molar refractivity (Wildman–Crippen MR) is 104 cm³/mol. The molecule has 0 aliphatic heterocycles. The molecule has 0 aliphatic rings. The van der Waals surface area contributed by atoms with Crippen molar-refractivity contribution < 1.29 is 18.7 Å². The second kappa shape index (κ2) is 7.98. The van der Waals surface area contributed by atoms with Crippen molar-refractivity contribution >= 4 is 23.1 Å². The van der Waals surface area contributed by atoms with Gasteiger partial charge in [-0.2, -0.15) is 0 Å². The van der Waals surface area contributed by atoms with E-state index in [-0.39, 0.29) is 12.4 Å². The molecule has 0 unspecified atom stereocenters. The van der Waals surface area contributed by atoms with Crippen LogP contribution in [0.1, 0.15) is 20.0 Å². The highest BCUT2D eigenvalue weighted by atomic mass is 32.1. The molecule has 0 spiro atoms. The molecule has 0 saturated heterocycles. The zero-order valence-corrected chi connectivity index (χ0v) is 15.4. The van der Waals surface area contributed by atoms with Gasteiger partial charge in [-0.3, -0.25) is 4.79 Å². The zero-order valence-electron chi connectivity index (χ0n) is 14.6. The van der Waals surface area contributed by atoms with E-state index in [0.29, 0.717) is 27.8 Å². The fourth-order valence-corrected chi connectivity index (χ4v) is 3.19. The van der Waals surface area contributed by atoms with Crippen LogP contribution in [0.3, 0.4) is 0 Å². The monoisotopic (exact) mass is 390 g/mol. The van der Waals surface area contributed by atoms with E-state index in [1.807, 2.05) is 30.3 Å². The van der Waals surface area contributed by atoms with Crippen LogP contribution in [-0.4, -0.2) is 28.6 Å². The molecule has 0 aliphatic carbocycles. The number of ether oxygens (including phenoxy) is 1. The first kappa shape index (κ1) is 17.8. The van der Waals surface area contributed by atoms with Gasteiger partial charge in [0, 0.05) is 11.1 Å². The molecule has 7 heteroatoms. The van der Waals surface area contributed by atoms with Crippen molar-refractivity contribution in [2.45, 2.75) is 0 Å². The first-order valence-corrected chi connectivity index (χ1v) is 9.32. The molecule has 2 aromatic carbocycles. The second-order valence-electron chi connectivity index (χ2n) is 5.84. The molecule has 4 aromatic rings. The van der Waals surface area contributed by atoms with Crippen LogP contribution < -0.4 is 0 Å². The number of carbonyl (C=O) groups excluding carboxylic acids is 2. The number of rotatable bonds is 6. The standard InChI is InChI=1S/C21H14N2O4S/c24-17(18-10-5-11-28-18)13-26-21(25)16-9-4-8-15(12-16)20-23-22-19(27-20)14-6-2-1-3-7-14/h1-12H,13H2. The maximum absolute atomic E-state index is 12.3. The normalized spacial score (nSPS) is 10.6. The van der Waals surface area contributed by atoms with E-state index in [1.165, 1.54) is 11.3 Å². The van der Waals surface area contributed by atoms with Crippen LogP contribution in [0.15, 0.2) is 76.5 Å². The number of carbonyl (C=O) groups is 2. The molecule has 4 rings (SSSR count). The number of nitrogens with zero attached hydrogens (tertiary/aromatic N) is 2. The lowest BCUT2D eigenvalue weighted by atomic mass is 10.1. The summed E-state index contributed by atoms with van der Waals surface area (Å²) in [5.74, 6) is -0.133. The molecule has 0 saturated carbocycles. The van der Waals surface area contributed by atoms with Crippen molar-refractivity contribution in [2.24, 2.45) is 0 Å². The number of aromatic nitrogens is 2. The summed E-state index contributed by atoms with van der Waals surface area (Å²) in [4.78, 5) is 24.8. The number of ketones is 1. The molecule has 0 fully saturated rings. The van der Waals surface area contributed by atoms with Crippen molar-refractivity contribution in [2.75, 3.05) is 6.61 Å². The highest BCUT2D eigenvalue weighted by molar-refractivity contribution is 7.12. The molecule has 0 atom stereocenters. The summed E-state index contributed by atoms with van der Waals surface area (Å²) in [6.07, 6.45) is 0. The van der Waals surface area contributed by atoms with Gasteiger partial charge in [-0.05, 0) is 41.8 Å². The van der Waals surface area contributed by atoms with Crippen LogP contribution >= 0.6 is 11.3 Å². The van der Waals surface area contributed by atoms with E-state index < -0.39 is 5.97 Å². The van der Waals surface area contributed by atoms with E-state index in [2.05, 4.69) is 10.2 Å². The number of hydrogen-bond donors (Lipinski definition) is 0. The largest absolute Gasteiger partial charge is 0.454 e. The third-order valence-electron chi connectivity index (χ3n) is 3.92. The fourth-order valence-electron chi connectivity index (χ4n) is 2.54. The van der Waals surface area contributed by atoms with Gasteiger partial charge in [0.15, 0.2) is 6.61 Å². The SMILES string of the molecule is O=C(OCC(=O)c1cccs1)c1cccc(-c2nnc(-c3ccccc3)o2)c1. The summed E-state index contributed by atoms with van der Waals surface area (Å²) in [7, 11) is 0. The molecular weight excluding hydrogens is 376 g/mol. The summed E-state index contributed by atoms with van der Waals surface area (Å²) in [6, 6.07) is 19.5. The zero-order chi connectivity index (χ0) is 19.3. The van der Waals surface area contributed by atoms with Gasteiger partial charge in [0.1, 0.15) is 0 Å². The van der Waals surface area contributed by atoms with Crippen molar-refractivity contribution in [3.63, 3.8) is 0 Å². The smallest absolute Gasteiger partial charge is 0.338 e. The number of benzene rings is 2. The van der Waals surface area contributed by atoms with E-state index in [4.69, 9.17) is 9.15 Å². The van der Waals surface area contributed by atoms with Crippen LogP contribution in [0.4, 0.5) is 0 Å². The summed E-state index contributed by atoms with van der Waals surface area (Å²) >= 11 is 1.31. The predicted octanol–water partition coefficient (Wildman–Crippen LogP) is 4.50. The summed E-state index contributed by atoms with van der Waals surface area (Å²) in [6.45, 7) is -0.303. The Bertz CT molecular complexity index is 1100. The Hall–Kier alpha value is -3.58. The first-order chi connectivity index (χ1) is 13.7. The van der Waals surface area contributed by atoms with E-state index >= 15 is 0 Å². The molecule has 138 valence electrons. The second-order valence-corrected chi connectivity index (χ2v) is 6.78. The van der Waals surface area contributed by atoms with Gasteiger partial charge in [-0.1, -0.05) is 30.3 Å². The minimum absolute atomic E-state index is 0.232. The Balaban J connectivity index is 1.48. The van der Waals surface area contributed by atoms with Crippen LogP contribution in [0.5, 0.6) is 0 Å². The summed E-state index contributed by atoms with van der Waals surface area (Å²) in [5, 5.41) is 9.90. The molecular formula is C21H14N2O4S. The minimum atomic E-state index is -0.588. The molecule has 0 bridgehead atoms. The lowest BCUT2D eigenvalue weighted by Gasteiger charge is -2.04. The van der Waals surface area contributed by atoms with Crippen LogP contribution in [0, 0.1) is 0 Å². The number of thiophene rings is 1. The minimum Gasteiger partial charge on any atom is -0.454 e. The topological polar surface area (TPSA) is 82.3 Å². The van der Waals surface area contributed by atoms with E-state index in [0.717, 1.165) is 5.56 Å². The van der Waals surface area contributed by atoms with Crippen molar-refractivity contribution in [1.29, 1.82) is 0 Å². The maximum atomic E-state index is 12.3. The molecule has 2 aromatic heterocycles. The fraction of sp³-hybridized carbons (Fsp3) is 0.0476. The first-order valence-electron chi connectivity index (χ1n) is 8.44. The lowest BCUT2D eigenvalue weighted by Crippen LogP contribution is -2.13. The molecule has 6 nitrogen and oxygen atoms in total. The quantitative estimate of drug-likeness (QED) is 0.356. The third kappa shape index (κ3) is 3.89. The summed E-state index contributed by atoms with van der Waals surface area (Å²) in [5.41, 5.74) is 1.70. The molecule has 0 N–H and O–H groups in total. The van der Waals surface area contributed by atoms with E-state index in [1.54, 1.807) is 41.8 Å². The van der Waals surface area contributed by atoms with Crippen LogP contribution in [0.2, 0.25) is 0 Å². The maximum Gasteiger partial charge on any atom is 0.338 e.